The van der Waals surface area contributed by atoms with Gasteiger partial charge < -0.3 is 14.5 Å². The molecule has 5 heteroatoms. The first-order chi connectivity index (χ1) is 9.33. The molecule has 0 spiro atoms. The van der Waals surface area contributed by atoms with Crippen LogP contribution >= 0.6 is 0 Å². The Kier molecular flexibility index (Phi) is 4.16. The topological polar surface area (TPSA) is 60.0 Å². The molecule has 1 aliphatic rings. The zero-order chi connectivity index (χ0) is 13.8. The molecule has 0 aromatic carbocycles. The summed E-state index contributed by atoms with van der Waals surface area (Å²) in [6, 6.07) is 0. The molecular formula is C14H19N3O2. The van der Waals surface area contributed by atoms with Crippen molar-refractivity contribution in [2.75, 3.05) is 14.2 Å². The molecule has 1 atom stereocenters. The Morgan fingerprint density at radius 3 is 2.74 bits per heavy atom. The lowest BCUT2D eigenvalue weighted by atomic mass is 10.1. The Morgan fingerprint density at radius 1 is 1.26 bits per heavy atom. The minimum Gasteiger partial charge on any atom is -0.479 e. The van der Waals surface area contributed by atoms with E-state index in [9.17, 15) is 0 Å². The maximum atomic E-state index is 5.35. The van der Waals surface area contributed by atoms with Crippen molar-refractivity contribution in [2.24, 2.45) is 0 Å². The summed E-state index contributed by atoms with van der Waals surface area (Å²) < 4.78 is 10.6. The van der Waals surface area contributed by atoms with E-state index in [1.54, 1.807) is 14.2 Å². The van der Waals surface area contributed by atoms with E-state index in [2.05, 4.69) is 27.1 Å². The second-order valence-corrected chi connectivity index (χ2v) is 3.94. The van der Waals surface area contributed by atoms with Crippen LogP contribution in [0.4, 0.5) is 0 Å². The predicted molar refractivity (Wildman–Crippen MR) is 75.4 cm³/mol. The average Bonchev–Trinajstić information content (AvgIpc) is 2.86. The SMILES string of the molecule is CC.COc1ncnc2c3c([nH]c12)=CCC(OC)C=3. The van der Waals surface area contributed by atoms with Crippen molar-refractivity contribution in [3.63, 3.8) is 0 Å². The van der Waals surface area contributed by atoms with Crippen LogP contribution in [-0.4, -0.2) is 35.3 Å². The number of ether oxygens (including phenoxy) is 2. The third kappa shape index (κ3) is 2.33. The first-order valence-electron chi connectivity index (χ1n) is 6.45. The van der Waals surface area contributed by atoms with Gasteiger partial charge >= 0.3 is 0 Å². The van der Waals surface area contributed by atoms with Crippen molar-refractivity contribution in [1.29, 1.82) is 0 Å². The fourth-order valence-electron chi connectivity index (χ4n) is 2.15. The van der Waals surface area contributed by atoms with E-state index < -0.39 is 0 Å². The Labute approximate surface area is 112 Å². The fourth-order valence-corrected chi connectivity index (χ4v) is 2.15. The summed E-state index contributed by atoms with van der Waals surface area (Å²) in [4.78, 5) is 11.7. The molecule has 0 radical (unpaired) electrons. The molecule has 1 aliphatic carbocycles. The number of hydrogen-bond donors (Lipinski definition) is 1. The number of fused-ring (bicyclic) bond motifs is 3. The van der Waals surface area contributed by atoms with Gasteiger partial charge in [-0.1, -0.05) is 19.9 Å². The van der Waals surface area contributed by atoms with Crippen LogP contribution in [0, 0.1) is 0 Å². The van der Waals surface area contributed by atoms with Crippen molar-refractivity contribution in [3.8, 4) is 5.88 Å². The highest BCUT2D eigenvalue weighted by Gasteiger charge is 2.13. The lowest BCUT2D eigenvalue weighted by Gasteiger charge is -2.09. The molecule has 0 aliphatic heterocycles. The number of hydrogen-bond acceptors (Lipinski definition) is 4. The van der Waals surface area contributed by atoms with Gasteiger partial charge in [0.2, 0.25) is 5.88 Å². The molecule has 1 unspecified atom stereocenters. The molecule has 2 heterocycles. The zero-order valence-corrected chi connectivity index (χ0v) is 11.7. The van der Waals surface area contributed by atoms with Gasteiger partial charge in [0.05, 0.1) is 13.2 Å². The summed E-state index contributed by atoms with van der Waals surface area (Å²) in [5, 5.41) is 2.13. The minimum atomic E-state index is 0.113. The smallest absolute Gasteiger partial charge is 0.241 e. The molecule has 3 rings (SSSR count). The van der Waals surface area contributed by atoms with Crippen LogP contribution in [-0.2, 0) is 4.74 Å². The van der Waals surface area contributed by atoms with E-state index in [1.807, 2.05) is 13.8 Å². The molecule has 102 valence electrons. The van der Waals surface area contributed by atoms with Crippen LogP contribution in [0.3, 0.4) is 0 Å². The number of rotatable bonds is 2. The second kappa shape index (κ2) is 5.84. The molecule has 0 saturated heterocycles. The summed E-state index contributed by atoms with van der Waals surface area (Å²) in [6.07, 6.45) is 6.69. The lowest BCUT2D eigenvalue weighted by Crippen LogP contribution is -2.30. The summed E-state index contributed by atoms with van der Waals surface area (Å²) in [6.45, 7) is 4.00. The number of H-pyrrole nitrogens is 1. The molecule has 0 bridgehead atoms. The van der Waals surface area contributed by atoms with Gasteiger partial charge in [-0.25, -0.2) is 4.98 Å². The highest BCUT2D eigenvalue weighted by Crippen LogP contribution is 2.15. The van der Waals surface area contributed by atoms with Gasteiger partial charge in [0.1, 0.15) is 17.4 Å². The van der Waals surface area contributed by atoms with Crippen molar-refractivity contribution in [2.45, 2.75) is 26.4 Å². The summed E-state index contributed by atoms with van der Waals surface area (Å²) >= 11 is 0. The van der Waals surface area contributed by atoms with Gasteiger partial charge in [0.15, 0.2) is 0 Å². The fraction of sp³-hybridized carbons (Fsp3) is 0.429. The monoisotopic (exact) mass is 261 g/mol. The molecule has 0 fully saturated rings. The van der Waals surface area contributed by atoms with E-state index in [-0.39, 0.29) is 6.10 Å². The largest absolute Gasteiger partial charge is 0.479 e. The molecule has 1 N–H and O–H groups in total. The van der Waals surface area contributed by atoms with Crippen molar-refractivity contribution >= 4 is 23.2 Å². The Morgan fingerprint density at radius 2 is 2.05 bits per heavy atom. The van der Waals surface area contributed by atoms with Gasteiger partial charge in [-0.15, -0.1) is 0 Å². The molecule has 2 aromatic heterocycles. The Balaban J connectivity index is 0.000000637. The van der Waals surface area contributed by atoms with E-state index in [0.717, 1.165) is 28.0 Å². The first-order valence-corrected chi connectivity index (χ1v) is 6.45. The van der Waals surface area contributed by atoms with Crippen LogP contribution in [0.5, 0.6) is 5.88 Å². The van der Waals surface area contributed by atoms with E-state index in [4.69, 9.17) is 9.47 Å². The van der Waals surface area contributed by atoms with E-state index in [1.165, 1.54) is 6.33 Å². The standard InChI is InChI=1S/C12H13N3O2.C2H6/c1-16-7-3-4-9-8(5-7)10-11(15-9)12(17-2)14-6-13-10;1-2/h4-7,15H,3H2,1-2H3;1-2H3. The van der Waals surface area contributed by atoms with Gasteiger partial charge in [-0.2, -0.15) is 4.98 Å². The Hall–Kier alpha value is -1.88. The maximum Gasteiger partial charge on any atom is 0.241 e. The summed E-state index contributed by atoms with van der Waals surface area (Å²) in [7, 11) is 3.32. The summed E-state index contributed by atoms with van der Waals surface area (Å²) in [5.41, 5.74) is 1.72. The first kappa shape index (κ1) is 13.5. The number of aromatic amines is 1. The molecule has 0 saturated carbocycles. The van der Waals surface area contributed by atoms with Gasteiger partial charge in [0, 0.05) is 17.7 Å². The van der Waals surface area contributed by atoms with Crippen molar-refractivity contribution in [3.05, 3.63) is 16.9 Å². The number of nitrogens with zero attached hydrogens (tertiary/aromatic N) is 2. The highest BCUT2D eigenvalue weighted by molar-refractivity contribution is 5.81. The van der Waals surface area contributed by atoms with Gasteiger partial charge in [0.25, 0.3) is 0 Å². The average molecular weight is 261 g/mol. The normalized spacial score (nSPS) is 16.7. The zero-order valence-electron chi connectivity index (χ0n) is 11.7. The lowest BCUT2D eigenvalue weighted by molar-refractivity contribution is 0.157. The summed E-state index contributed by atoms with van der Waals surface area (Å²) in [5.74, 6) is 0.570. The van der Waals surface area contributed by atoms with Crippen molar-refractivity contribution in [1.82, 2.24) is 15.0 Å². The van der Waals surface area contributed by atoms with Crippen LogP contribution < -0.4 is 15.3 Å². The molecule has 0 amide bonds. The van der Waals surface area contributed by atoms with Gasteiger partial charge in [-0.05, 0) is 12.5 Å². The quantitative estimate of drug-likeness (QED) is 0.875. The third-order valence-electron chi connectivity index (χ3n) is 3.02. The molecular weight excluding hydrogens is 242 g/mol. The minimum absolute atomic E-state index is 0.113. The van der Waals surface area contributed by atoms with Crippen LogP contribution in [0.15, 0.2) is 6.33 Å². The third-order valence-corrected chi connectivity index (χ3v) is 3.02. The van der Waals surface area contributed by atoms with E-state index in [0.29, 0.717) is 5.88 Å². The van der Waals surface area contributed by atoms with Gasteiger partial charge in [-0.3, -0.25) is 0 Å². The van der Waals surface area contributed by atoms with E-state index >= 15 is 0 Å². The van der Waals surface area contributed by atoms with Crippen LogP contribution in [0.2, 0.25) is 0 Å². The molecule has 19 heavy (non-hydrogen) atoms. The second-order valence-electron chi connectivity index (χ2n) is 3.94. The number of aromatic nitrogens is 3. The molecule has 2 aromatic rings. The number of nitrogens with one attached hydrogen (secondary N) is 1. The number of methoxy groups -OCH3 is 2. The van der Waals surface area contributed by atoms with Crippen molar-refractivity contribution < 1.29 is 9.47 Å². The van der Waals surface area contributed by atoms with Crippen LogP contribution in [0.1, 0.15) is 20.3 Å². The highest BCUT2D eigenvalue weighted by atomic mass is 16.5. The van der Waals surface area contributed by atoms with Crippen LogP contribution in [0.25, 0.3) is 23.2 Å². The molecule has 5 nitrogen and oxygen atoms in total. The maximum absolute atomic E-state index is 5.35. The predicted octanol–water partition coefficient (Wildman–Crippen LogP) is 0.972. The Bertz CT molecular complexity index is 676.